The molecule has 0 saturated carbocycles. The molecular weight excluding hydrogens is 758 g/mol. The van der Waals surface area contributed by atoms with Crippen LogP contribution in [0.4, 0.5) is 0 Å². The summed E-state index contributed by atoms with van der Waals surface area (Å²) in [5, 5.41) is 81.6. The van der Waals surface area contributed by atoms with E-state index in [4.69, 9.17) is 47.4 Å². The van der Waals surface area contributed by atoms with Crippen molar-refractivity contribution >= 4 is 23.8 Å². The van der Waals surface area contributed by atoms with E-state index in [1.54, 1.807) is 0 Å². The summed E-state index contributed by atoms with van der Waals surface area (Å²) in [7, 11) is 2.35. The summed E-state index contributed by atoms with van der Waals surface area (Å²) in [6, 6.07) is -2.49. The quantitative estimate of drug-likeness (QED) is 0.0802. The maximum atomic E-state index is 12.4. The first-order valence-corrected chi connectivity index (χ1v) is 16.1. The molecule has 4 aliphatic rings. The Morgan fingerprint density at radius 2 is 1.09 bits per heavy atom. The number of carbonyl (C=O) groups excluding carboxylic acids is 4. The molecule has 4 aliphatic heterocycles. The Kier molecular flexibility index (Phi) is 20.5. The average molecular weight is 803 g/mol. The van der Waals surface area contributed by atoms with Gasteiger partial charge in [0, 0.05) is 40.9 Å². The third kappa shape index (κ3) is 12.2. The number of nitrogens with one attached hydrogen (secondary N) is 2. The minimum atomic E-state index is -2.20. The van der Waals surface area contributed by atoms with E-state index < -0.39 is 142 Å². The van der Waals surface area contributed by atoms with E-state index in [2.05, 4.69) is 10.6 Å². The summed E-state index contributed by atoms with van der Waals surface area (Å²) in [4.78, 5) is 48.3. The smallest absolute Gasteiger partial charge is 0.547 e. The molecule has 54 heavy (non-hydrogen) atoms. The first-order valence-electron chi connectivity index (χ1n) is 16.1. The maximum absolute atomic E-state index is 12.4. The average Bonchev–Trinajstić information content (AvgIpc) is 3.09. The van der Waals surface area contributed by atoms with Gasteiger partial charge in [0.2, 0.25) is 24.4 Å². The van der Waals surface area contributed by atoms with Crippen molar-refractivity contribution in [2.75, 3.05) is 27.4 Å². The summed E-state index contributed by atoms with van der Waals surface area (Å²) in [6.07, 6.45) is -25.3. The molecule has 0 aromatic carbocycles. The third-order valence-electron chi connectivity index (χ3n) is 8.60. The van der Waals surface area contributed by atoms with Crippen LogP contribution in [0.25, 0.3) is 0 Å². The predicted molar refractivity (Wildman–Crippen MR) is 155 cm³/mol. The molecule has 2 amide bonds. The molecule has 0 spiro atoms. The molecule has 0 aromatic rings. The standard InChI is InChI=1S/C29H46N2O21.2Na/c1-9(34)30-15-13(5-11(7-32)45-25(15)43-3)47-27-18(37)17(36)19(20(50-27)22(38)39)49-26-16(31-10(2)35)14(6-12(8-33)46-26)48-29-24(42)52-28(44-4)21(51-29)23(40)41;;/h11-21,24-29,32-33,36-37,42H,5-8H2,1-4H3,(H,30,34)(H,31,35)(H,38,39)(H,40,41);;/q;2*+1/p-2. The van der Waals surface area contributed by atoms with Crippen LogP contribution in [-0.4, -0.2) is 181 Å². The number of hydrogen-bond donors (Lipinski definition) is 7. The SMILES string of the molecule is COC1OC(O)C(OC2CC(CO)OC(OC3C(C(=O)[O-])OC(OC4CC(CO)OC(OC)C4NC(C)=O)C(O)C3O)C2NC(C)=O)OC1C(=O)[O-].[Na+].[Na+]. The van der Waals surface area contributed by atoms with Crippen LogP contribution in [0, 0.1) is 0 Å². The summed E-state index contributed by atoms with van der Waals surface area (Å²) in [5.41, 5.74) is 0. The molecule has 4 fully saturated rings. The van der Waals surface area contributed by atoms with Crippen molar-refractivity contribution in [3.63, 3.8) is 0 Å². The molecule has 17 atom stereocenters. The van der Waals surface area contributed by atoms with Gasteiger partial charge in [-0.05, 0) is 0 Å². The van der Waals surface area contributed by atoms with Gasteiger partial charge in [0.25, 0.3) is 0 Å². The molecule has 4 rings (SSSR count). The Balaban J connectivity index is 0.00000504. The largest absolute Gasteiger partial charge is 1.00 e. The molecule has 4 saturated heterocycles. The second-order valence-corrected chi connectivity index (χ2v) is 12.3. The molecule has 17 unspecified atom stereocenters. The first-order chi connectivity index (χ1) is 24.6. The van der Waals surface area contributed by atoms with Crippen molar-refractivity contribution in [2.45, 2.75) is 131 Å². The summed E-state index contributed by atoms with van der Waals surface area (Å²) < 4.78 is 54.9. The van der Waals surface area contributed by atoms with Crippen LogP contribution < -0.4 is 80.0 Å². The van der Waals surface area contributed by atoms with Crippen molar-refractivity contribution in [1.29, 1.82) is 0 Å². The second-order valence-electron chi connectivity index (χ2n) is 12.3. The molecule has 0 aromatic heterocycles. The van der Waals surface area contributed by atoms with Crippen LogP contribution in [0.1, 0.15) is 26.7 Å². The molecule has 23 nitrogen and oxygen atoms in total. The fourth-order valence-corrected chi connectivity index (χ4v) is 6.23. The molecule has 0 aliphatic carbocycles. The Hall–Kier alpha value is -0.720. The number of carbonyl (C=O) groups is 4. The van der Waals surface area contributed by atoms with Gasteiger partial charge >= 0.3 is 59.1 Å². The number of methoxy groups -OCH3 is 2. The zero-order valence-electron chi connectivity index (χ0n) is 30.4. The van der Waals surface area contributed by atoms with Gasteiger partial charge in [0.05, 0.1) is 49.6 Å². The Morgan fingerprint density at radius 3 is 1.56 bits per heavy atom. The van der Waals surface area contributed by atoms with Crippen molar-refractivity contribution in [2.24, 2.45) is 0 Å². The van der Waals surface area contributed by atoms with Crippen molar-refractivity contribution in [3.8, 4) is 0 Å². The number of aliphatic carboxylic acids is 2. The zero-order valence-corrected chi connectivity index (χ0v) is 34.4. The molecule has 298 valence electrons. The molecule has 4 heterocycles. The Morgan fingerprint density at radius 1 is 0.630 bits per heavy atom. The summed E-state index contributed by atoms with van der Waals surface area (Å²) in [5.74, 6) is -4.97. The summed E-state index contributed by atoms with van der Waals surface area (Å²) in [6.45, 7) is 1.09. The number of hydrogen-bond acceptors (Lipinski definition) is 21. The Labute approximate surface area is 352 Å². The molecular formula is C29H44N2Na2O21. The fraction of sp³-hybridized carbons (Fsp3) is 0.862. The van der Waals surface area contributed by atoms with Gasteiger partial charge in [-0.3, -0.25) is 9.59 Å². The topological polar surface area (TPSA) is 332 Å². The van der Waals surface area contributed by atoms with Crippen LogP contribution in [-0.2, 0) is 66.5 Å². The number of carboxylic acid groups (broad SMARTS) is 2. The number of rotatable bonds is 14. The number of ether oxygens (including phenoxy) is 10. The third-order valence-corrected chi connectivity index (χ3v) is 8.60. The number of aliphatic hydroxyl groups excluding tert-OH is 5. The second kappa shape index (κ2) is 22.4. The van der Waals surface area contributed by atoms with E-state index in [1.165, 1.54) is 14.0 Å². The zero-order chi connectivity index (χ0) is 38.4. The molecule has 25 heteroatoms. The molecule has 7 N–H and O–H groups in total. The predicted octanol–water partition coefficient (Wildman–Crippen LogP) is -14.0. The Bertz CT molecular complexity index is 1240. The van der Waals surface area contributed by atoms with Gasteiger partial charge in [0.15, 0.2) is 31.3 Å². The van der Waals surface area contributed by atoms with Crippen LogP contribution in [0.15, 0.2) is 0 Å². The van der Waals surface area contributed by atoms with Crippen molar-refractivity contribution < 1.29 is 161 Å². The van der Waals surface area contributed by atoms with Crippen LogP contribution in [0.5, 0.6) is 0 Å². The molecule has 0 radical (unpaired) electrons. The van der Waals surface area contributed by atoms with Crippen LogP contribution in [0.2, 0.25) is 0 Å². The van der Waals surface area contributed by atoms with Gasteiger partial charge in [-0.25, -0.2) is 0 Å². The number of amides is 2. The monoisotopic (exact) mass is 802 g/mol. The maximum Gasteiger partial charge on any atom is 1.00 e. The van der Waals surface area contributed by atoms with E-state index in [0.717, 1.165) is 14.0 Å². The fourth-order valence-electron chi connectivity index (χ4n) is 6.23. The van der Waals surface area contributed by atoms with Crippen LogP contribution in [0.3, 0.4) is 0 Å². The minimum Gasteiger partial charge on any atom is -0.547 e. The first kappa shape index (κ1) is 49.4. The van der Waals surface area contributed by atoms with Crippen molar-refractivity contribution in [3.05, 3.63) is 0 Å². The van der Waals surface area contributed by atoms with Gasteiger partial charge in [0.1, 0.15) is 36.5 Å². The minimum absolute atomic E-state index is 0. The van der Waals surface area contributed by atoms with E-state index in [0.29, 0.717) is 0 Å². The number of carboxylic acids is 2. The van der Waals surface area contributed by atoms with E-state index in [9.17, 15) is 54.9 Å². The molecule has 0 bridgehead atoms. The van der Waals surface area contributed by atoms with Gasteiger partial charge in [-0.1, -0.05) is 0 Å². The van der Waals surface area contributed by atoms with Gasteiger partial charge in [-0.15, -0.1) is 0 Å². The van der Waals surface area contributed by atoms with E-state index >= 15 is 0 Å². The van der Waals surface area contributed by atoms with E-state index in [-0.39, 0.29) is 72.0 Å². The normalized spacial score (nSPS) is 41.0. The van der Waals surface area contributed by atoms with Gasteiger partial charge < -0.3 is 103 Å². The van der Waals surface area contributed by atoms with Crippen molar-refractivity contribution in [1.82, 2.24) is 10.6 Å². The van der Waals surface area contributed by atoms with Crippen LogP contribution >= 0.6 is 0 Å². The number of aliphatic hydroxyl groups is 5. The van der Waals surface area contributed by atoms with E-state index in [1.807, 2.05) is 0 Å². The van der Waals surface area contributed by atoms with Gasteiger partial charge in [-0.2, -0.15) is 0 Å². The summed E-state index contributed by atoms with van der Waals surface area (Å²) >= 11 is 0.